The van der Waals surface area contributed by atoms with Crippen molar-refractivity contribution in [3.63, 3.8) is 0 Å². The van der Waals surface area contributed by atoms with E-state index in [1.165, 1.54) is 31.2 Å². The molecule has 19 heavy (non-hydrogen) atoms. The Balaban J connectivity index is 2.01. The molecule has 3 nitrogen and oxygen atoms in total. The van der Waals surface area contributed by atoms with Gasteiger partial charge in [-0.2, -0.15) is 0 Å². The molecule has 0 aliphatic carbocycles. The number of rotatable bonds is 6. The van der Waals surface area contributed by atoms with Crippen molar-refractivity contribution in [2.24, 2.45) is 0 Å². The van der Waals surface area contributed by atoms with Crippen LogP contribution >= 0.6 is 0 Å². The third-order valence-corrected chi connectivity index (χ3v) is 4.09. The first-order chi connectivity index (χ1) is 9.26. The molecule has 2 atom stereocenters. The average Bonchev–Trinajstić information content (AvgIpc) is 2.81. The van der Waals surface area contributed by atoms with Crippen molar-refractivity contribution in [1.29, 1.82) is 0 Å². The Hall–Kier alpha value is -1.09. The van der Waals surface area contributed by atoms with Crippen LogP contribution in [0.4, 0.5) is 5.82 Å². The van der Waals surface area contributed by atoms with E-state index in [9.17, 15) is 0 Å². The zero-order valence-electron chi connectivity index (χ0n) is 12.5. The van der Waals surface area contributed by atoms with Crippen molar-refractivity contribution >= 4 is 5.82 Å². The Kier molecular flexibility index (Phi) is 5.20. The maximum Gasteiger partial charge on any atom is 0.128 e. The summed E-state index contributed by atoms with van der Waals surface area (Å²) in [6.45, 7) is 8.78. The van der Waals surface area contributed by atoms with Crippen LogP contribution in [-0.2, 0) is 6.54 Å². The fraction of sp³-hybridized carbons (Fsp3) is 0.688. The summed E-state index contributed by atoms with van der Waals surface area (Å²) < 4.78 is 0. The van der Waals surface area contributed by atoms with Crippen molar-refractivity contribution < 1.29 is 0 Å². The Bertz CT molecular complexity index is 374. The lowest BCUT2D eigenvalue weighted by atomic mass is 10.1. The number of anilines is 1. The molecular formula is C16H27N3. The highest BCUT2D eigenvalue weighted by atomic mass is 15.2. The van der Waals surface area contributed by atoms with E-state index in [4.69, 9.17) is 0 Å². The monoisotopic (exact) mass is 261 g/mol. The molecule has 0 amide bonds. The molecule has 0 spiro atoms. The highest BCUT2D eigenvalue weighted by Gasteiger charge is 2.29. The lowest BCUT2D eigenvalue weighted by molar-refractivity contribution is 0.620. The second kappa shape index (κ2) is 6.90. The Morgan fingerprint density at radius 2 is 2.16 bits per heavy atom. The van der Waals surface area contributed by atoms with Crippen molar-refractivity contribution in [3.05, 3.63) is 23.9 Å². The van der Waals surface area contributed by atoms with Crippen LogP contribution in [0.2, 0.25) is 0 Å². The summed E-state index contributed by atoms with van der Waals surface area (Å²) in [6, 6.07) is 5.70. The summed E-state index contributed by atoms with van der Waals surface area (Å²) in [5.74, 6) is 1.15. The summed E-state index contributed by atoms with van der Waals surface area (Å²) >= 11 is 0. The molecule has 2 heterocycles. The van der Waals surface area contributed by atoms with Gasteiger partial charge in [0.25, 0.3) is 0 Å². The van der Waals surface area contributed by atoms with Gasteiger partial charge >= 0.3 is 0 Å². The van der Waals surface area contributed by atoms with Crippen molar-refractivity contribution in [3.8, 4) is 0 Å². The molecule has 1 aliphatic rings. The minimum Gasteiger partial charge on any atom is -0.351 e. The fourth-order valence-electron chi connectivity index (χ4n) is 2.97. The third-order valence-electron chi connectivity index (χ3n) is 4.09. The third kappa shape index (κ3) is 3.47. The minimum atomic E-state index is 0.626. The number of pyridine rings is 1. The molecule has 3 heteroatoms. The van der Waals surface area contributed by atoms with Crippen LogP contribution in [0.25, 0.3) is 0 Å². The van der Waals surface area contributed by atoms with Crippen LogP contribution in [0, 0.1) is 0 Å². The minimum absolute atomic E-state index is 0.626. The molecule has 1 N–H and O–H groups in total. The molecule has 1 aromatic heterocycles. The largest absolute Gasteiger partial charge is 0.351 e. The molecule has 1 fully saturated rings. The lowest BCUT2D eigenvalue weighted by Crippen LogP contribution is -2.34. The number of nitrogens with one attached hydrogen (secondary N) is 1. The molecule has 0 aromatic carbocycles. The van der Waals surface area contributed by atoms with Crippen LogP contribution < -0.4 is 10.2 Å². The maximum atomic E-state index is 4.67. The van der Waals surface area contributed by atoms with Gasteiger partial charge in [-0.05, 0) is 50.8 Å². The number of hydrogen-bond donors (Lipinski definition) is 1. The first kappa shape index (κ1) is 14.3. The van der Waals surface area contributed by atoms with E-state index in [1.807, 2.05) is 6.20 Å². The van der Waals surface area contributed by atoms with Crippen LogP contribution in [-0.4, -0.2) is 23.6 Å². The van der Waals surface area contributed by atoms with Crippen LogP contribution in [0.3, 0.4) is 0 Å². The van der Waals surface area contributed by atoms with Gasteiger partial charge in [0.15, 0.2) is 0 Å². The average molecular weight is 261 g/mol. The van der Waals surface area contributed by atoms with Gasteiger partial charge < -0.3 is 10.2 Å². The molecule has 1 aliphatic heterocycles. The zero-order chi connectivity index (χ0) is 13.7. The fourth-order valence-corrected chi connectivity index (χ4v) is 2.97. The van der Waals surface area contributed by atoms with Gasteiger partial charge in [0.05, 0.1) is 0 Å². The lowest BCUT2D eigenvalue weighted by Gasteiger charge is -2.29. The second-order valence-corrected chi connectivity index (χ2v) is 5.60. The van der Waals surface area contributed by atoms with Gasteiger partial charge in [-0.1, -0.05) is 19.9 Å². The van der Waals surface area contributed by atoms with Gasteiger partial charge in [0, 0.05) is 24.8 Å². The topological polar surface area (TPSA) is 28.2 Å². The smallest absolute Gasteiger partial charge is 0.128 e. The van der Waals surface area contributed by atoms with Gasteiger partial charge in [-0.15, -0.1) is 0 Å². The summed E-state index contributed by atoms with van der Waals surface area (Å²) in [7, 11) is 0. The molecule has 106 valence electrons. The molecule has 2 unspecified atom stereocenters. The molecule has 0 bridgehead atoms. The van der Waals surface area contributed by atoms with Gasteiger partial charge in [-0.25, -0.2) is 4.98 Å². The summed E-state index contributed by atoms with van der Waals surface area (Å²) in [6.07, 6.45) is 7.01. The van der Waals surface area contributed by atoms with Crippen LogP contribution in [0.15, 0.2) is 18.3 Å². The molecule has 2 rings (SSSR count). The van der Waals surface area contributed by atoms with E-state index in [-0.39, 0.29) is 0 Å². The van der Waals surface area contributed by atoms with Gasteiger partial charge in [-0.3, -0.25) is 0 Å². The molecular weight excluding hydrogens is 234 g/mol. The quantitative estimate of drug-likeness (QED) is 0.796. The van der Waals surface area contributed by atoms with E-state index in [1.54, 1.807) is 0 Å². The maximum absolute atomic E-state index is 4.67. The molecule has 0 radical (unpaired) electrons. The Morgan fingerprint density at radius 3 is 2.79 bits per heavy atom. The van der Waals surface area contributed by atoms with E-state index in [0.29, 0.717) is 12.1 Å². The SMILES string of the molecule is CCCNCc1ccc(N2C(C)CCC2CC)nc1. The Morgan fingerprint density at radius 1 is 1.32 bits per heavy atom. The standard InChI is InChI=1S/C16H27N3/c1-4-10-17-11-14-7-9-16(18-12-14)19-13(3)6-8-15(19)5-2/h7,9,12-13,15,17H,4-6,8,10-11H2,1-3H3. The van der Waals surface area contributed by atoms with Gasteiger partial charge in [0.1, 0.15) is 5.82 Å². The number of aromatic nitrogens is 1. The van der Waals surface area contributed by atoms with E-state index >= 15 is 0 Å². The van der Waals surface area contributed by atoms with E-state index in [0.717, 1.165) is 18.9 Å². The Labute approximate surface area is 117 Å². The summed E-state index contributed by atoms with van der Waals surface area (Å²) in [4.78, 5) is 7.18. The summed E-state index contributed by atoms with van der Waals surface area (Å²) in [5.41, 5.74) is 1.28. The van der Waals surface area contributed by atoms with Crippen molar-refractivity contribution in [2.45, 2.75) is 65.1 Å². The van der Waals surface area contributed by atoms with E-state index in [2.05, 4.69) is 48.1 Å². The molecule has 0 saturated carbocycles. The first-order valence-corrected chi connectivity index (χ1v) is 7.70. The predicted octanol–water partition coefficient (Wildman–Crippen LogP) is 3.35. The highest BCUT2D eigenvalue weighted by Crippen LogP contribution is 2.30. The first-order valence-electron chi connectivity index (χ1n) is 7.70. The van der Waals surface area contributed by atoms with Crippen LogP contribution in [0.1, 0.15) is 52.0 Å². The highest BCUT2D eigenvalue weighted by molar-refractivity contribution is 5.43. The number of nitrogens with zero attached hydrogens (tertiary/aromatic N) is 2. The number of hydrogen-bond acceptors (Lipinski definition) is 3. The second-order valence-electron chi connectivity index (χ2n) is 5.60. The van der Waals surface area contributed by atoms with E-state index < -0.39 is 0 Å². The van der Waals surface area contributed by atoms with Crippen molar-refractivity contribution in [2.75, 3.05) is 11.4 Å². The van der Waals surface area contributed by atoms with Crippen LogP contribution in [0.5, 0.6) is 0 Å². The zero-order valence-corrected chi connectivity index (χ0v) is 12.5. The normalized spacial score (nSPS) is 23.0. The van der Waals surface area contributed by atoms with Gasteiger partial charge in [0.2, 0.25) is 0 Å². The molecule has 1 aromatic rings. The van der Waals surface area contributed by atoms with Crippen molar-refractivity contribution in [1.82, 2.24) is 10.3 Å². The molecule has 1 saturated heterocycles. The summed E-state index contributed by atoms with van der Waals surface area (Å²) in [5, 5.41) is 3.42. The predicted molar refractivity (Wildman–Crippen MR) is 81.5 cm³/mol.